The zero-order valence-electron chi connectivity index (χ0n) is 24.0. The topological polar surface area (TPSA) is 9.23 Å². The van der Waals surface area contributed by atoms with Crippen molar-refractivity contribution in [2.24, 2.45) is 0 Å². The lowest BCUT2D eigenvalue weighted by molar-refractivity contribution is -0.185. The van der Waals surface area contributed by atoms with Gasteiger partial charge >= 0.3 is 12.3 Å². The van der Waals surface area contributed by atoms with Crippen molar-refractivity contribution in [3.05, 3.63) is 113 Å². The van der Waals surface area contributed by atoms with Gasteiger partial charge in [-0.05, 0) is 76.0 Å². The van der Waals surface area contributed by atoms with Crippen LogP contribution in [0.4, 0.5) is 35.1 Å². The quantitative estimate of drug-likeness (QED) is 0.0899. The van der Waals surface area contributed by atoms with Crippen molar-refractivity contribution >= 4 is 21.5 Å². The minimum absolute atomic E-state index is 0.446. The smallest absolute Gasteiger partial charge is 0.429 e. The summed E-state index contributed by atoms with van der Waals surface area (Å²) in [6, 6.07) is 19.2. The molecular weight excluding hydrogens is 600 g/mol. The van der Waals surface area contributed by atoms with E-state index in [4.69, 9.17) is 4.74 Å². The molecule has 0 saturated heterocycles. The molecule has 0 aliphatic rings. The molecule has 45 heavy (non-hydrogen) atoms. The number of unbranched alkanes of at least 4 members (excludes halogenated alkanes) is 3. The highest BCUT2D eigenvalue weighted by Crippen LogP contribution is 2.37. The van der Waals surface area contributed by atoms with Crippen LogP contribution in [0.3, 0.4) is 0 Å². The third-order valence-corrected chi connectivity index (χ3v) is 7.41. The van der Waals surface area contributed by atoms with Crippen LogP contribution in [0.15, 0.2) is 78.9 Å². The van der Waals surface area contributed by atoms with E-state index in [-0.39, 0.29) is 0 Å². The van der Waals surface area contributed by atoms with Crippen LogP contribution in [0.25, 0.3) is 32.7 Å². The molecule has 0 aliphatic heterocycles. The Balaban J connectivity index is 1.37. The van der Waals surface area contributed by atoms with Gasteiger partial charge in [-0.2, -0.15) is 22.0 Å². The Morgan fingerprint density at radius 2 is 1.36 bits per heavy atom. The predicted molar refractivity (Wildman–Crippen MR) is 159 cm³/mol. The lowest BCUT2D eigenvalue weighted by Crippen LogP contribution is -2.22. The zero-order valence-corrected chi connectivity index (χ0v) is 24.0. The highest BCUT2D eigenvalue weighted by molar-refractivity contribution is 5.88. The molecular formula is C36H26F8O. The fourth-order valence-electron chi connectivity index (χ4n) is 5.13. The van der Waals surface area contributed by atoms with Gasteiger partial charge in [-0.1, -0.05) is 74.6 Å². The van der Waals surface area contributed by atoms with E-state index in [1.807, 2.05) is 24.3 Å². The van der Waals surface area contributed by atoms with Gasteiger partial charge < -0.3 is 4.74 Å². The normalized spacial score (nSPS) is 11.9. The maximum atomic E-state index is 15.2. The van der Waals surface area contributed by atoms with Gasteiger partial charge in [-0.3, -0.25) is 0 Å². The van der Waals surface area contributed by atoms with Gasteiger partial charge in [0.25, 0.3) is 0 Å². The van der Waals surface area contributed by atoms with E-state index in [0.717, 1.165) is 42.0 Å². The van der Waals surface area contributed by atoms with E-state index in [1.54, 1.807) is 6.07 Å². The van der Waals surface area contributed by atoms with E-state index in [9.17, 15) is 26.3 Å². The molecule has 0 fully saturated rings. The van der Waals surface area contributed by atoms with Crippen LogP contribution < -0.4 is 4.74 Å². The molecule has 9 heteroatoms. The second kappa shape index (κ2) is 12.8. The third-order valence-electron chi connectivity index (χ3n) is 7.41. The molecule has 1 nitrogen and oxygen atoms in total. The van der Waals surface area contributed by atoms with Crippen LogP contribution in [0.2, 0.25) is 0 Å². The molecule has 5 aromatic rings. The molecule has 0 spiro atoms. The highest BCUT2D eigenvalue weighted by atomic mass is 19.4. The molecule has 0 aliphatic carbocycles. The summed E-state index contributed by atoms with van der Waals surface area (Å²) in [5.74, 6) is -3.37. The lowest BCUT2D eigenvalue weighted by atomic mass is 9.98. The summed E-state index contributed by atoms with van der Waals surface area (Å²) < 4.78 is 116. The minimum atomic E-state index is -5.04. The van der Waals surface area contributed by atoms with E-state index < -0.39 is 57.4 Å². The van der Waals surface area contributed by atoms with Crippen molar-refractivity contribution in [3.8, 4) is 28.7 Å². The molecule has 5 aromatic carbocycles. The molecule has 232 valence electrons. The van der Waals surface area contributed by atoms with Crippen molar-refractivity contribution in [1.82, 2.24) is 0 Å². The maximum Gasteiger partial charge on any atom is 0.458 e. The average molecular weight is 627 g/mol. The Labute approximate surface area is 254 Å². The summed E-state index contributed by atoms with van der Waals surface area (Å²) in [5.41, 5.74) is 1.30. The lowest BCUT2D eigenvalue weighted by Gasteiger charge is -2.19. The van der Waals surface area contributed by atoms with Gasteiger partial charge in [0.05, 0.1) is 16.5 Å². The monoisotopic (exact) mass is 626 g/mol. The molecule has 0 saturated carbocycles. The van der Waals surface area contributed by atoms with Crippen molar-refractivity contribution in [1.29, 1.82) is 0 Å². The number of rotatable bonds is 9. The first-order valence-corrected chi connectivity index (χ1v) is 14.3. The number of hydrogen-bond donors (Lipinski definition) is 0. The van der Waals surface area contributed by atoms with Crippen LogP contribution in [0.5, 0.6) is 5.75 Å². The summed E-state index contributed by atoms with van der Waals surface area (Å²) in [5, 5.41) is -0.262. The van der Waals surface area contributed by atoms with Gasteiger partial charge in [-0.25, -0.2) is 13.2 Å². The Hall–Kier alpha value is -4.58. The van der Waals surface area contributed by atoms with Crippen LogP contribution >= 0.6 is 0 Å². The number of fused-ring (bicyclic) bond motifs is 2. The van der Waals surface area contributed by atoms with E-state index in [0.29, 0.717) is 22.9 Å². The second-order valence-corrected chi connectivity index (χ2v) is 10.7. The number of hydrogen-bond acceptors (Lipinski definition) is 1. The minimum Gasteiger partial charge on any atom is -0.429 e. The first-order chi connectivity index (χ1) is 21.3. The number of alkyl halides is 5. The fourth-order valence-corrected chi connectivity index (χ4v) is 5.13. The van der Waals surface area contributed by atoms with E-state index in [1.165, 1.54) is 42.9 Å². The zero-order chi connectivity index (χ0) is 32.4. The standard InChI is InChI=1S/C36H26F8O/c1-2-3-4-5-6-22-7-9-23(10-8-22)24-11-12-26-18-28(14-13-25(26)17-24)36(43,44)45-29-19-27-20-31(37)30(15-16-35(40,41)42)34(39)33(27)32(38)21-29/h7-14,17-21H,2-6H2,1H3. The molecule has 0 aromatic heterocycles. The molecule has 0 N–H and O–H groups in total. The van der Waals surface area contributed by atoms with Gasteiger partial charge in [0, 0.05) is 12.0 Å². The van der Waals surface area contributed by atoms with Gasteiger partial charge in [-0.15, -0.1) is 0 Å². The Morgan fingerprint density at radius 1 is 0.667 bits per heavy atom. The first-order valence-electron chi connectivity index (χ1n) is 14.3. The number of ether oxygens (including phenoxy) is 1. The highest BCUT2D eigenvalue weighted by Gasteiger charge is 2.35. The van der Waals surface area contributed by atoms with Gasteiger partial charge in [0.1, 0.15) is 17.4 Å². The first kappa shape index (κ1) is 31.8. The Bertz CT molecular complexity index is 1910. The van der Waals surface area contributed by atoms with Crippen molar-refractivity contribution in [2.45, 2.75) is 51.3 Å². The second-order valence-electron chi connectivity index (χ2n) is 10.7. The molecule has 0 amide bonds. The third kappa shape index (κ3) is 7.39. The summed E-state index contributed by atoms with van der Waals surface area (Å²) in [7, 11) is 0. The average Bonchev–Trinajstić information content (AvgIpc) is 2.98. The Kier molecular flexibility index (Phi) is 9.06. The number of benzene rings is 5. The molecule has 0 atom stereocenters. The van der Waals surface area contributed by atoms with Crippen LogP contribution in [-0.2, 0) is 12.5 Å². The predicted octanol–water partition coefficient (Wildman–Crippen LogP) is 11.2. The van der Waals surface area contributed by atoms with E-state index >= 15 is 8.78 Å². The summed E-state index contributed by atoms with van der Waals surface area (Å²) >= 11 is 0. The van der Waals surface area contributed by atoms with Gasteiger partial charge in [0.15, 0.2) is 5.82 Å². The van der Waals surface area contributed by atoms with Crippen LogP contribution in [0, 0.1) is 29.3 Å². The van der Waals surface area contributed by atoms with Crippen LogP contribution in [0.1, 0.15) is 49.3 Å². The number of halogens is 8. The molecule has 0 radical (unpaired) electrons. The van der Waals surface area contributed by atoms with Crippen molar-refractivity contribution in [3.63, 3.8) is 0 Å². The molecule has 0 unspecified atom stereocenters. The largest absolute Gasteiger partial charge is 0.458 e. The van der Waals surface area contributed by atoms with E-state index in [2.05, 4.69) is 19.1 Å². The SMILES string of the molecule is CCCCCCc1ccc(-c2ccc3cc(C(F)(F)Oc4cc(F)c5c(F)c(C#CC(F)(F)F)c(F)cc5c4)ccc3c2)cc1. The molecule has 0 heterocycles. The maximum absolute atomic E-state index is 15.2. The van der Waals surface area contributed by atoms with Crippen molar-refractivity contribution in [2.75, 3.05) is 0 Å². The summed E-state index contributed by atoms with van der Waals surface area (Å²) in [6.07, 6.45) is -3.27. The summed E-state index contributed by atoms with van der Waals surface area (Å²) in [6.45, 7) is 2.17. The van der Waals surface area contributed by atoms with Crippen molar-refractivity contribution < 1.29 is 39.9 Å². The summed E-state index contributed by atoms with van der Waals surface area (Å²) in [4.78, 5) is 0. The Morgan fingerprint density at radius 3 is 2.07 bits per heavy atom. The fraction of sp³-hybridized carbons (Fsp3) is 0.222. The van der Waals surface area contributed by atoms with Gasteiger partial charge in [0.2, 0.25) is 0 Å². The molecule has 5 rings (SSSR count). The van der Waals surface area contributed by atoms with Crippen LogP contribution in [-0.4, -0.2) is 6.18 Å². The number of aryl methyl sites for hydroxylation is 1. The molecule has 0 bridgehead atoms.